The number of hydrogen-bond donors (Lipinski definition) is 0. The average molecular weight is 273 g/mol. The van der Waals surface area contributed by atoms with Crippen molar-refractivity contribution < 1.29 is 13.2 Å². The number of Topliss-reactive ketones (excluding diaryl/α,β-unsaturated/α-hetero) is 1. The Balaban J connectivity index is 1.87. The summed E-state index contributed by atoms with van der Waals surface area (Å²) in [5, 5.41) is 0. The van der Waals surface area contributed by atoms with Crippen molar-refractivity contribution in [3.63, 3.8) is 0 Å². The summed E-state index contributed by atoms with van der Waals surface area (Å²) in [6, 6.07) is 0. The Morgan fingerprint density at radius 2 is 2.00 bits per heavy atom. The predicted molar refractivity (Wildman–Crippen MR) is 70.7 cm³/mol. The summed E-state index contributed by atoms with van der Waals surface area (Å²) >= 11 is 0. The molecule has 2 rings (SSSR count). The smallest absolute Gasteiger partial charge is 0.211 e. The van der Waals surface area contributed by atoms with Gasteiger partial charge < -0.3 is 0 Å². The fourth-order valence-electron chi connectivity index (χ4n) is 2.82. The van der Waals surface area contributed by atoms with Gasteiger partial charge >= 0.3 is 0 Å². The highest BCUT2D eigenvalue weighted by atomic mass is 32.2. The maximum atomic E-state index is 12.1. The van der Waals surface area contributed by atoms with Gasteiger partial charge in [0.2, 0.25) is 10.0 Å². The summed E-state index contributed by atoms with van der Waals surface area (Å²) in [7, 11) is -3.10. The van der Waals surface area contributed by atoms with E-state index in [2.05, 4.69) is 0 Å². The van der Waals surface area contributed by atoms with E-state index in [-0.39, 0.29) is 11.8 Å². The van der Waals surface area contributed by atoms with Crippen LogP contribution in [-0.2, 0) is 14.8 Å². The molecule has 104 valence electrons. The molecule has 18 heavy (non-hydrogen) atoms. The lowest BCUT2D eigenvalue weighted by molar-refractivity contribution is -0.124. The van der Waals surface area contributed by atoms with Gasteiger partial charge in [0, 0.05) is 25.4 Å². The second kappa shape index (κ2) is 5.29. The van der Waals surface area contributed by atoms with E-state index >= 15 is 0 Å². The van der Waals surface area contributed by atoms with Gasteiger partial charge in [-0.25, -0.2) is 12.7 Å². The number of carbonyl (C=O) groups is 1. The molecule has 0 bridgehead atoms. The van der Waals surface area contributed by atoms with Crippen molar-refractivity contribution in [3.8, 4) is 0 Å². The summed E-state index contributed by atoms with van der Waals surface area (Å²) in [6.07, 6.45) is 6.05. The molecule has 1 saturated heterocycles. The monoisotopic (exact) mass is 273 g/mol. The van der Waals surface area contributed by atoms with Crippen molar-refractivity contribution in [3.05, 3.63) is 0 Å². The molecule has 1 aliphatic heterocycles. The third-order valence-electron chi connectivity index (χ3n) is 4.28. The maximum absolute atomic E-state index is 12.1. The molecule has 2 aliphatic rings. The third kappa shape index (κ3) is 3.54. The Bertz CT molecular complexity index is 414. The molecular formula is C13H23NO3S. The highest BCUT2D eigenvalue weighted by molar-refractivity contribution is 7.88. The van der Waals surface area contributed by atoms with E-state index < -0.39 is 10.0 Å². The molecule has 0 spiro atoms. The van der Waals surface area contributed by atoms with E-state index in [1.165, 1.54) is 23.4 Å². The van der Waals surface area contributed by atoms with Crippen LogP contribution in [0.2, 0.25) is 0 Å². The van der Waals surface area contributed by atoms with Gasteiger partial charge in [0.05, 0.1) is 6.26 Å². The van der Waals surface area contributed by atoms with Crippen LogP contribution < -0.4 is 0 Å². The normalized spacial score (nSPS) is 28.0. The van der Waals surface area contributed by atoms with Crippen LogP contribution in [0.1, 0.15) is 39.0 Å². The van der Waals surface area contributed by atoms with E-state index in [0.717, 1.165) is 12.8 Å². The van der Waals surface area contributed by atoms with E-state index in [0.29, 0.717) is 31.2 Å². The first-order chi connectivity index (χ1) is 8.38. The van der Waals surface area contributed by atoms with E-state index in [1.807, 2.05) is 6.92 Å². The zero-order chi connectivity index (χ0) is 13.3. The van der Waals surface area contributed by atoms with Gasteiger partial charge in [0.15, 0.2) is 0 Å². The molecule has 5 heteroatoms. The van der Waals surface area contributed by atoms with Crippen molar-refractivity contribution >= 4 is 15.8 Å². The molecule has 0 aromatic carbocycles. The summed E-state index contributed by atoms with van der Waals surface area (Å²) in [5.41, 5.74) is 0. The van der Waals surface area contributed by atoms with Gasteiger partial charge in [0.25, 0.3) is 0 Å². The third-order valence-corrected chi connectivity index (χ3v) is 5.55. The minimum absolute atomic E-state index is 0.179. The van der Waals surface area contributed by atoms with Crippen LogP contribution in [0.25, 0.3) is 0 Å². The number of ketones is 1. The number of nitrogens with zero attached hydrogens (tertiary/aromatic N) is 1. The SMILES string of the molecule is CC(C(=O)CC1CCCN(S(C)(=O)=O)C1)C1CC1. The van der Waals surface area contributed by atoms with Gasteiger partial charge in [-0.3, -0.25) is 4.79 Å². The fourth-order valence-corrected chi connectivity index (χ4v) is 3.77. The van der Waals surface area contributed by atoms with Crippen molar-refractivity contribution in [2.45, 2.75) is 39.0 Å². The van der Waals surface area contributed by atoms with E-state index in [1.54, 1.807) is 0 Å². The largest absolute Gasteiger partial charge is 0.299 e. The zero-order valence-electron chi connectivity index (χ0n) is 11.3. The number of carbonyl (C=O) groups excluding carboxylic acids is 1. The molecule has 0 radical (unpaired) electrons. The number of rotatable bonds is 5. The standard InChI is InChI=1S/C13H23NO3S/c1-10(12-5-6-12)13(15)8-11-4-3-7-14(9-11)18(2,16)17/h10-12H,3-9H2,1-2H3. The molecule has 0 aromatic heterocycles. The van der Waals surface area contributed by atoms with E-state index in [9.17, 15) is 13.2 Å². The van der Waals surface area contributed by atoms with Crippen LogP contribution in [-0.4, -0.2) is 37.9 Å². The molecule has 0 aromatic rings. The molecule has 1 aliphatic carbocycles. The average Bonchev–Trinajstić information content (AvgIpc) is 3.11. The number of piperidine rings is 1. The fraction of sp³-hybridized carbons (Fsp3) is 0.923. The predicted octanol–water partition coefficient (Wildman–Crippen LogP) is 1.66. The minimum atomic E-state index is -3.10. The topological polar surface area (TPSA) is 54.5 Å². The molecule has 0 amide bonds. The Kier molecular flexibility index (Phi) is 4.11. The Morgan fingerprint density at radius 1 is 1.33 bits per heavy atom. The van der Waals surface area contributed by atoms with Crippen LogP contribution >= 0.6 is 0 Å². The van der Waals surface area contributed by atoms with Crippen LogP contribution in [0.5, 0.6) is 0 Å². The summed E-state index contributed by atoms with van der Waals surface area (Å²) < 4.78 is 24.5. The number of sulfonamides is 1. The zero-order valence-corrected chi connectivity index (χ0v) is 12.1. The summed E-state index contributed by atoms with van der Waals surface area (Å²) in [6.45, 7) is 3.17. The lowest BCUT2D eigenvalue weighted by Crippen LogP contribution is -2.40. The first kappa shape index (κ1) is 14.0. The number of hydrogen-bond acceptors (Lipinski definition) is 3. The first-order valence-electron chi connectivity index (χ1n) is 6.85. The highest BCUT2D eigenvalue weighted by Crippen LogP contribution is 2.38. The lowest BCUT2D eigenvalue weighted by atomic mass is 9.88. The summed E-state index contributed by atoms with van der Waals surface area (Å²) in [4.78, 5) is 12.1. The second-order valence-electron chi connectivity index (χ2n) is 5.93. The van der Waals surface area contributed by atoms with E-state index in [4.69, 9.17) is 0 Å². The maximum Gasteiger partial charge on any atom is 0.211 e. The Hall–Kier alpha value is -0.420. The van der Waals surface area contributed by atoms with Gasteiger partial charge in [-0.15, -0.1) is 0 Å². The molecule has 4 nitrogen and oxygen atoms in total. The van der Waals surface area contributed by atoms with Crippen LogP contribution in [0.4, 0.5) is 0 Å². The minimum Gasteiger partial charge on any atom is -0.299 e. The molecule has 0 N–H and O–H groups in total. The van der Waals surface area contributed by atoms with Crippen molar-refractivity contribution in [1.82, 2.24) is 4.31 Å². The molecule has 2 atom stereocenters. The molecule has 2 unspecified atom stereocenters. The van der Waals surface area contributed by atoms with Crippen LogP contribution in [0, 0.1) is 17.8 Å². The second-order valence-corrected chi connectivity index (χ2v) is 7.91. The van der Waals surface area contributed by atoms with Crippen LogP contribution in [0.15, 0.2) is 0 Å². The van der Waals surface area contributed by atoms with Crippen molar-refractivity contribution in [2.75, 3.05) is 19.3 Å². The van der Waals surface area contributed by atoms with Gasteiger partial charge in [0.1, 0.15) is 5.78 Å². The quantitative estimate of drug-likeness (QED) is 0.765. The highest BCUT2D eigenvalue weighted by Gasteiger charge is 2.34. The first-order valence-corrected chi connectivity index (χ1v) is 8.70. The molecule has 2 fully saturated rings. The van der Waals surface area contributed by atoms with Gasteiger partial charge in [-0.05, 0) is 37.5 Å². The van der Waals surface area contributed by atoms with Crippen LogP contribution in [0.3, 0.4) is 0 Å². The van der Waals surface area contributed by atoms with Crippen molar-refractivity contribution in [1.29, 1.82) is 0 Å². The molecular weight excluding hydrogens is 250 g/mol. The Labute approximate surface area is 110 Å². The van der Waals surface area contributed by atoms with Gasteiger partial charge in [-0.2, -0.15) is 0 Å². The van der Waals surface area contributed by atoms with Crippen molar-refractivity contribution in [2.24, 2.45) is 17.8 Å². The Morgan fingerprint density at radius 3 is 2.56 bits per heavy atom. The molecule has 1 heterocycles. The summed E-state index contributed by atoms with van der Waals surface area (Å²) in [5.74, 6) is 1.34. The van der Waals surface area contributed by atoms with Gasteiger partial charge in [-0.1, -0.05) is 6.92 Å². The molecule has 1 saturated carbocycles. The lowest BCUT2D eigenvalue weighted by Gasteiger charge is -2.31.